The molecule has 1 atom stereocenters. The average molecular weight is 651 g/mol. The quantitative estimate of drug-likeness (QED) is 0.0411. The number of allylic oxidation sites excluding steroid dienone is 2. The molecule has 0 aromatic heterocycles. The zero-order valence-corrected chi connectivity index (χ0v) is 30.9. The number of carbonyl (C=O) groups excluding carboxylic acids is 2. The lowest BCUT2D eigenvalue weighted by molar-refractivity contribution is -0.161. The lowest BCUT2D eigenvalue weighted by Gasteiger charge is -2.15. The maximum Gasteiger partial charge on any atom is 0.306 e. The van der Waals surface area contributed by atoms with Gasteiger partial charge in [-0.15, -0.1) is 0 Å². The van der Waals surface area contributed by atoms with Crippen LogP contribution in [-0.4, -0.2) is 36.4 Å². The molecule has 5 heteroatoms. The van der Waals surface area contributed by atoms with Crippen LogP contribution in [-0.2, 0) is 19.1 Å². The molecule has 0 amide bonds. The minimum absolute atomic E-state index is 0.0605. The number of rotatable bonds is 37. The third kappa shape index (κ3) is 35.5. The summed E-state index contributed by atoms with van der Waals surface area (Å²) in [5.41, 5.74) is 0. The van der Waals surface area contributed by atoms with Gasteiger partial charge in [0.05, 0.1) is 6.61 Å². The maximum atomic E-state index is 12.2. The van der Waals surface area contributed by atoms with Crippen LogP contribution in [0.5, 0.6) is 0 Å². The van der Waals surface area contributed by atoms with Crippen molar-refractivity contribution in [2.45, 2.75) is 225 Å². The van der Waals surface area contributed by atoms with E-state index in [4.69, 9.17) is 9.47 Å². The van der Waals surface area contributed by atoms with E-state index in [-0.39, 0.29) is 25.2 Å². The van der Waals surface area contributed by atoms with Crippen LogP contribution in [0.1, 0.15) is 219 Å². The summed E-state index contributed by atoms with van der Waals surface area (Å²) in [5, 5.41) is 9.55. The first kappa shape index (κ1) is 44.6. The molecule has 0 bridgehead atoms. The van der Waals surface area contributed by atoms with Gasteiger partial charge in [-0.1, -0.05) is 180 Å². The summed E-state index contributed by atoms with van der Waals surface area (Å²) in [4.78, 5) is 24.2. The molecule has 0 heterocycles. The van der Waals surface area contributed by atoms with Gasteiger partial charge in [-0.25, -0.2) is 0 Å². The Morgan fingerprint density at radius 3 is 1.17 bits per heavy atom. The molecular weight excluding hydrogens is 572 g/mol. The van der Waals surface area contributed by atoms with Gasteiger partial charge in [-0.05, 0) is 38.5 Å². The predicted octanol–water partition coefficient (Wildman–Crippen LogP) is 12.5. The van der Waals surface area contributed by atoms with Crippen molar-refractivity contribution >= 4 is 11.9 Å². The number of ether oxygens (including phenoxy) is 2. The number of carbonyl (C=O) groups is 2. The second-order valence-electron chi connectivity index (χ2n) is 13.7. The first-order valence-corrected chi connectivity index (χ1v) is 20.2. The first-order chi connectivity index (χ1) is 22.6. The van der Waals surface area contributed by atoms with E-state index in [1.165, 1.54) is 154 Å². The van der Waals surface area contributed by atoms with Crippen molar-refractivity contribution < 1.29 is 24.2 Å². The fourth-order valence-corrected chi connectivity index (χ4v) is 5.96. The van der Waals surface area contributed by atoms with E-state index in [0.717, 1.165) is 38.5 Å². The van der Waals surface area contributed by atoms with Crippen molar-refractivity contribution in [1.29, 1.82) is 0 Å². The van der Waals surface area contributed by atoms with Crippen LogP contribution in [0, 0.1) is 0 Å². The van der Waals surface area contributed by atoms with E-state index in [9.17, 15) is 14.7 Å². The highest BCUT2D eigenvalue weighted by atomic mass is 16.6. The van der Waals surface area contributed by atoms with Gasteiger partial charge < -0.3 is 14.6 Å². The van der Waals surface area contributed by atoms with Crippen LogP contribution in [0.25, 0.3) is 0 Å². The Bertz CT molecular complexity index is 661. The summed E-state index contributed by atoms with van der Waals surface area (Å²) in [6.07, 6.45) is 42.7. The number of aliphatic hydroxyl groups is 1. The zero-order valence-electron chi connectivity index (χ0n) is 30.9. The highest BCUT2D eigenvalue weighted by Gasteiger charge is 2.16. The van der Waals surface area contributed by atoms with E-state index < -0.39 is 6.10 Å². The maximum absolute atomic E-state index is 12.2. The van der Waals surface area contributed by atoms with Crippen molar-refractivity contribution in [3.05, 3.63) is 12.2 Å². The van der Waals surface area contributed by atoms with E-state index in [1.807, 2.05) is 0 Å². The smallest absolute Gasteiger partial charge is 0.306 e. The highest BCUT2D eigenvalue weighted by molar-refractivity contribution is 5.70. The zero-order chi connectivity index (χ0) is 33.6. The van der Waals surface area contributed by atoms with E-state index in [0.29, 0.717) is 12.8 Å². The van der Waals surface area contributed by atoms with Crippen molar-refractivity contribution in [3.8, 4) is 0 Å². The van der Waals surface area contributed by atoms with Crippen LogP contribution >= 0.6 is 0 Å². The summed E-state index contributed by atoms with van der Waals surface area (Å²) in [5.74, 6) is -0.583. The van der Waals surface area contributed by atoms with Gasteiger partial charge >= 0.3 is 11.9 Å². The van der Waals surface area contributed by atoms with Gasteiger partial charge in [-0.2, -0.15) is 0 Å². The summed E-state index contributed by atoms with van der Waals surface area (Å²) in [7, 11) is 0. The molecule has 0 aliphatic heterocycles. The fourth-order valence-electron chi connectivity index (χ4n) is 5.96. The molecule has 0 aliphatic rings. The second-order valence-corrected chi connectivity index (χ2v) is 13.7. The number of unbranched alkanes of at least 4 members (excludes halogenated alkanes) is 27. The Morgan fingerprint density at radius 2 is 0.804 bits per heavy atom. The lowest BCUT2D eigenvalue weighted by Crippen LogP contribution is -2.28. The molecule has 0 spiro atoms. The number of aliphatic hydroxyl groups excluding tert-OH is 1. The fraction of sp³-hybridized carbons (Fsp3) is 0.902. The molecule has 0 rings (SSSR count). The standard InChI is InChI=1S/C41H78O5/c1-3-5-7-9-11-13-15-17-18-19-20-21-22-24-26-28-30-32-34-36-41(44)46-39(37-42)38-45-40(43)35-33-31-29-27-25-23-16-14-12-10-8-6-4-2/h17-18,39,42H,3-16,19-38H2,1-2H3. The molecule has 0 saturated heterocycles. The molecule has 0 radical (unpaired) electrons. The molecule has 1 unspecified atom stereocenters. The molecule has 0 saturated carbocycles. The predicted molar refractivity (Wildman–Crippen MR) is 196 cm³/mol. The van der Waals surface area contributed by atoms with Gasteiger partial charge in [0, 0.05) is 12.8 Å². The molecule has 0 aliphatic carbocycles. The summed E-state index contributed by atoms with van der Waals surface area (Å²) in [6, 6.07) is 0. The Hall–Kier alpha value is -1.36. The summed E-state index contributed by atoms with van der Waals surface area (Å²) in [6.45, 7) is 4.15. The van der Waals surface area contributed by atoms with Crippen LogP contribution < -0.4 is 0 Å². The highest BCUT2D eigenvalue weighted by Crippen LogP contribution is 2.15. The minimum atomic E-state index is -0.765. The molecule has 0 aromatic carbocycles. The number of hydrogen-bond acceptors (Lipinski definition) is 5. The van der Waals surface area contributed by atoms with Crippen LogP contribution in [0.2, 0.25) is 0 Å². The monoisotopic (exact) mass is 651 g/mol. The molecular formula is C41H78O5. The number of hydrogen-bond donors (Lipinski definition) is 1. The van der Waals surface area contributed by atoms with Gasteiger partial charge in [-0.3, -0.25) is 9.59 Å². The van der Waals surface area contributed by atoms with Gasteiger partial charge in [0.15, 0.2) is 6.10 Å². The third-order valence-corrected chi connectivity index (χ3v) is 9.06. The summed E-state index contributed by atoms with van der Waals surface area (Å²) >= 11 is 0. The van der Waals surface area contributed by atoms with E-state index >= 15 is 0 Å². The topological polar surface area (TPSA) is 72.8 Å². The molecule has 46 heavy (non-hydrogen) atoms. The summed E-state index contributed by atoms with van der Waals surface area (Å²) < 4.78 is 10.6. The van der Waals surface area contributed by atoms with Crippen molar-refractivity contribution in [3.63, 3.8) is 0 Å². The first-order valence-electron chi connectivity index (χ1n) is 20.2. The van der Waals surface area contributed by atoms with Crippen LogP contribution in [0.3, 0.4) is 0 Å². The average Bonchev–Trinajstić information content (AvgIpc) is 3.06. The van der Waals surface area contributed by atoms with Crippen molar-refractivity contribution in [2.24, 2.45) is 0 Å². The molecule has 0 fully saturated rings. The van der Waals surface area contributed by atoms with Crippen LogP contribution in [0.15, 0.2) is 12.2 Å². The van der Waals surface area contributed by atoms with Crippen LogP contribution in [0.4, 0.5) is 0 Å². The minimum Gasteiger partial charge on any atom is -0.462 e. The molecule has 1 N–H and O–H groups in total. The molecule has 272 valence electrons. The normalized spacial score (nSPS) is 12.2. The molecule has 5 nitrogen and oxygen atoms in total. The lowest BCUT2D eigenvalue weighted by atomic mass is 10.0. The third-order valence-electron chi connectivity index (χ3n) is 9.06. The van der Waals surface area contributed by atoms with Gasteiger partial charge in [0.25, 0.3) is 0 Å². The van der Waals surface area contributed by atoms with Gasteiger partial charge in [0.1, 0.15) is 6.61 Å². The Labute approximate surface area is 286 Å². The number of esters is 2. The van der Waals surface area contributed by atoms with Crippen molar-refractivity contribution in [2.75, 3.05) is 13.2 Å². The van der Waals surface area contributed by atoms with Crippen molar-refractivity contribution in [1.82, 2.24) is 0 Å². The van der Waals surface area contributed by atoms with E-state index in [1.54, 1.807) is 0 Å². The van der Waals surface area contributed by atoms with Gasteiger partial charge in [0.2, 0.25) is 0 Å². The largest absolute Gasteiger partial charge is 0.462 e. The second kappa shape index (κ2) is 38.1. The Morgan fingerprint density at radius 1 is 0.478 bits per heavy atom. The molecule has 0 aromatic rings. The Balaban J connectivity index is 3.50. The van der Waals surface area contributed by atoms with E-state index in [2.05, 4.69) is 26.0 Å². The Kier molecular flexibility index (Phi) is 37.0. The SMILES string of the molecule is CCCCCCCCC=CCCCCCCCCCCCC(=O)OC(CO)COC(=O)CCCCCCCCCCCCCCC.